The number of alkyl halides is 3. The van der Waals surface area contributed by atoms with Crippen molar-refractivity contribution in [2.45, 2.75) is 25.6 Å². The molecule has 0 saturated heterocycles. The zero-order valence-corrected chi connectivity index (χ0v) is 10.3. The van der Waals surface area contributed by atoms with Crippen LogP contribution in [0.4, 0.5) is 18.0 Å². The molecule has 0 aromatic rings. The Labute approximate surface area is 97.3 Å². The zero-order chi connectivity index (χ0) is 12.8. The van der Waals surface area contributed by atoms with Crippen LogP contribution in [-0.2, 0) is 4.74 Å². The number of rotatable bonds is 5. The maximum absolute atomic E-state index is 11.8. The maximum atomic E-state index is 11.8. The van der Waals surface area contributed by atoms with Crippen LogP contribution in [0.2, 0.25) is 0 Å². The molecule has 0 saturated carbocycles. The van der Waals surface area contributed by atoms with E-state index in [1.54, 1.807) is 18.7 Å². The smallest absolute Gasteiger partial charge is 0.422 e. The second-order valence-corrected chi connectivity index (χ2v) is 4.40. The number of hydrogen-bond donors (Lipinski definition) is 0. The van der Waals surface area contributed by atoms with Crippen LogP contribution in [0.25, 0.3) is 0 Å². The molecule has 96 valence electrons. The summed E-state index contributed by atoms with van der Waals surface area (Å²) in [4.78, 5) is 12.4. The van der Waals surface area contributed by atoms with Crippen LogP contribution in [0, 0.1) is 0 Å². The lowest BCUT2D eigenvalue weighted by atomic mass is 10.2. The van der Waals surface area contributed by atoms with Gasteiger partial charge in [-0.2, -0.15) is 24.9 Å². The van der Waals surface area contributed by atoms with Gasteiger partial charge in [-0.1, -0.05) is 0 Å². The van der Waals surface area contributed by atoms with Crippen molar-refractivity contribution in [1.82, 2.24) is 4.90 Å². The highest BCUT2D eigenvalue weighted by Crippen LogP contribution is 2.15. The Hall–Kier alpha value is -0.590. The zero-order valence-electron chi connectivity index (χ0n) is 9.50. The Morgan fingerprint density at radius 1 is 1.50 bits per heavy atom. The van der Waals surface area contributed by atoms with Crippen molar-refractivity contribution in [3.8, 4) is 0 Å². The molecule has 0 radical (unpaired) electrons. The van der Waals surface area contributed by atoms with Crippen LogP contribution >= 0.6 is 11.8 Å². The van der Waals surface area contributed by atoms with E-state index in [2.05, 4.69) is 4.74 Å². The summed E-state index contributed by atoms with van der Waals surface area (Å²) in [5.41, 5.74) is 0. The van der Waals surface area contributed by atoms with Crippen LogP contribution in [0.15, 0.2) is 0 Å². The topological polar surface area (TPSA) is 29.5 Å². The highest BCUT2D eigenvalue weighted by molar-refractivity contribution is 7.98. The molecule has 0 N–H and O–H groups in total. The predicted molar refractivity (Wildman–Crippen MR) is 57.6 cm³/mol. The molecule has 1 atom stereocenters. The van der Waals surface area contributed by atoms with Crippen LogP contribution in [0.5, 0.6) is 0 Å². The fraction of sp³-hybridized carbons (Fsp3) is 0.889. The van der Waals surface area contributed by atoms with Crippen molar-refractivity contribution in [2.75, 3.05) is 25.7 Å². The third-order valence-corrected chi connectivity index (χ3v) is 2.69. The van der Waals surface area contributed by atoms with Crippen LogP contribution < -0.4 is 0 Å². The van der Waals surface area contributed by atoms with Crippen molar-refractivity contribution < 1.29 is 22.7 Å². The quantitative estimate of drug-likeness (QED) is 0.760. The molecule has 0 aromatic carbocycles. The van der Waals surface area contributed by atoms with Gasteiger partial charge in [0.05, 0.1) is 0 Å². The molecule has 0 aromatic heterocycles. The first-order valence-electron chi connectivity index (χ1n) is 4.73. The second kappa shape index (κ2) is 6.88. The minimum absolute atomic E-state index is 0.131. The summed E-state index contributed by atoms with van der Waals surface area (Å²) in [7, 11) is 1.43. The van der Waals surface area contributed by atoms with Gasteiger partial charge in [-0.3, -0.25) is 0 Å². The number of nitrogens with zero attached hydrogens (tertiary/aromatic N) is 1. The molecule has 0 spiro atoms. The summed E-state index contributed by atoms with van der Waals surface area (Å²) in [6.45, 7) is 0.233. The molecule has 0 aliphatic carbocycles. The molecule has 7 heteroatoms. The summed E-state index contributed by atoms with van der Waals surface area (Å²) in [6.07, 6.45) is -2.77. The Kier molecular flexibility index (Phi) is 6.62. The van der Waals surface area contributed by atoms with Gasteiger partial charge in [-0.25, -0.2) is 4.79 Å². The van der Waals surface area contributed by atoms with Crippen molar-refractivity contribution in [1.29, 1.82) is 0 Å². The maximum Gasteiger partial charge on any atom is 0.422 e. The number of ether oxygens (including phenoxy) is 1. The standard InChI is InChI=1S/C9H16F3NO2S/c1-7(4-5-16-3)13(2)8(14)15-6-9(10,11)12/h7H,4-6H2,1-3H3. The van der Waals surface area contributed by atoms with E-state index in [0.29, 0.717) is 0 Å². The van der Waals surface area contributed by atoms with Gasteiger partial charge < -0.3 is 9.64 Å². The number of halogens is 3. The fourth-order valence-electron chi connectivity index (χ4n) is 0.907. The van der Waals surface area contributed by atoms with E-state index in [1.165, 1.54) is 11.9 Å². The Balaban J connectivity index is 3.98. The van der Waals surface area contributed by atoms with Crippen molar-refractivity contribution in [2.24, 2.45) is 0 Å². The number of amides is 1. The van der Waals surface area contributed by atoms with Gasteiger partial charge in [-0.05, 0) is 25.4 Å². The summed E-state index contributed by atoms with van der Waals surface area (Å²) < 4.78 is 39.5. The molecule has 0 bridgehead atoms. The van der Waals surface area contributed by atoms with Gasteiger partial charge in [0.15, 0.2) is 6.61 Å². The normalized spacial score (nSPS) is 13.4. The second-order valence-electron chi connectivity index (χ2n) is 3.41. The molecular weight excluding hydrogens is 243 g/mol. The fourth-order valence-corrected chi connectivity index (χ4v) is 1.48. The van der Waals surface area contributed by atoms with E-state index in [1.807, 2.05) is 6.26 Å². The molecule has 0 fully saturated rings. The molecule has 1 unspecified atom stereocenters. The number of hydrogen-bond acceptors (Lipinski definition) is 3. The van der Waals surface area contributed by atoms with Crippen LogP contribution in [0.1, 0.15) is 13.3 Å². The van der Waals surface area contributed by atoms with Crippen LogP contribution in [-0.4, -0.2) is 48.9 Å². The highest BCUT2D eigenvalue weighted by Gasteiger charge is 2.30. The first-order chi connectivity index (χ1) is 7.28. The van der Waals surface area contributed by atoms with E-state index in [9.17, 15) is 18.0 Å². The molecule has 0 aliphatic rings. The van der Waals surface area contributed by atoms with E-state index < -0.39 is 18.9 Å². The molecule has 0 heterocycles. The first-order valence-corrected chi connectivity index (χ1v) is 6.12. The third kappa shape index (κ3) is 6.81. The third-order valence-electron chi connectivity index (χ3n) is 2.05. The Morgan fingerprint density at radius 3 is 2.50 bits per heavy atom. The lowest BCUT2D eigenvalue weighted by Crippen LogP contribution is -2.37. The van der Waals surface area contributed by atoms with Gasteiger partial charge in [-0.15, -0.1) is 0 Å². The molecule has 16 heavy (non-hydrogen) atoms. The summed E-state index contributed by atoms with van der Waals surface area (Å²) in [6, 6.07) is -0.131. The number of thioether (sulfide) groups is 1. The van der Waals surface area contributed by atoms with Gasteiger partial charge >= 0.3 is 12.3 Å². The predicted octanol–water partition coefficient (Wildman–Crippen LogP) is 2.76. The minimum Gasteiger partial charge on any atom is -0.440 e. The lowest BCUT2D eigenvalue weighted by molar-refractivity contribution is -0.162. The van der Waals surface area contributed by atoms with Crippen molar-refractivity contribution >= 4 is 17.9 Å². The molecule has 3 nitrogen and oxygen atoms in total. The largest absolute Gasteiger partial charge is 0.440 e. The van der Waals surface area contributed by atoms with Gasteiger partial charge in [0.25, 0.3) is 0 Å². The number of carbonyl (C=O) groups is 1. The van der Waals surface area contributed by atoms with E-state index >= 15 is 0 Å². The summed E-state index contributed by atoms with van der Waals surface area (Å²) >= 11 is 1.62. The van der Waals surface area contributed by atoms with Crippen molar-refractivity contribution in [3.63, 3.8) is 0 Å². The van der Waals surface area contributed by atoms with E-state index in [4.69, 9.17) is 0 Å². The van der Waals surface area contributed by atoms with Gasteiger partial charge in [0, 0.05) is 13.1 Å². The summed E-state index contributed by atoms with van der Waals surface area (Å²) in [5.74, 6) is 0.845. The molecule has 0 aliphatic heterocycles. The van der Waals surface area contributed by atoms with E-state index in [-0.39, 0.29) is 6.04 Å². The van der Waals surface area contributed by atoms with Crippen LogP contribution in [0.3, 0.4) is 0 Å². The van der Waals surface area contributed by atoms with Crippen molar-refractivity contribution in [3.05, 3.63) is 0 Å². The minimum atomic E-state index is -4.47. The SMILES string of the molecule is CSCCC(C)N(C)C(=O)OCC(F)(F)F. The average molecular weight is 259 g/mol. The average Bonchev–Trinajstić information content (AvgIpc) is 2.20. The monoisotopic (exact) mass is 259 g/mol. The van der Waals surface area contributed by atoms with E-state index in [0.717, 1.165) is 12.2 Å². The summed E-state index contributed by atoms with van der Waals surface area (Å²) in [5, 5.41) is 0. The molecule has 0 rings (SSSR count). The first kappa shape index (κ1) is 15.4. The van der Waals surface area contributed by atoms with Gasteiger partial charge in [0.2, 0.25) is 0 Å². The highest BCUT2D eigenvalue weighted by atomic mass is 32.2. The number of carbonyl (C=O) groups excluding carboxylic acids is 1. The van der Waals surface area contributed by atoms with Gasteiger partial charge in [0.1, 0.15) is 0 Å². The lowest BCUT2D eigenvalue weighted by Gasteiger charge is -2.24. The molecule has 1 amide bonds. The Morgan fingerprint density at radius 2 is 2.06 bits per heavy atom. The Bertz CT molecular complexity index is 223. The molecular formula is C9H16F3NO2S.